The number of hydrogen-bond acceptors (Lipinski definition) is 4. The zero-order valence-electron chi connectivity index (χ0n) is 13.4. The molecule has 1 aliphatic rings. The third-order valence-electron chi connectivity index (χ3n) is 3.72. The van der Waals surface area contributed by atoms with Crippen LogP contribution < -0.4 is 5.32 Å². The second-order valence-corrected chi connectivity index (χ2v) is 7.27. The smallest absolute Gasteiger partial charge is 0.409 e. The fraction of sp³-hybridized carbons (Fsp3) is 0.600. The van der Waals surface area contributed by atoms with Crippen molar-refractivity contribution in [1.82, 2.24) is 15.1 Å². The molecule has 0 bridgehead atoms. The van der Waals surface area contributed by atoms with E-state index >= 15 is 0 Å². The van der Waals surface area contributed by atoms with Gasteiger partial charge in [-0.1, -0.05) is 11.6 Å². The van der Waals surface area contributed by atoms with Gasteiger partial charge in [-0.3, -0.25) is 0 Å². The molecule has 2 rings (SSSR count). The molecule has 128 valence electrons. The minimum Gasteiger partial charge on any atom is -0.450 e. The molecule has 6 nitrogen and oxygen atoms in total. The maximum absolute atomic E-state index is 12.2. The van der Waals surface area contributed by atoms with Crippen molar-refractivity contribution in [1.29, 1.82) is 0 Å². The minimum absolute atomic E-state index is 0.0857. The van der Waals surface area contributed by atoms with E-state index in [0.29, 0.717) is 26.2 Å². The normalized spacial score (nSPS) is 15.3. The van der Waals surface area contributed by atoms with Crippen molar-refractivity contribution >= 4 is 35.1 Å². The second kappa shape index (κ2) is 8.40. The van der Waals surface area contributed by atoms with Crippen LogP contribution in [0.25, 0.3) is 0 Å². The predicted molar refractivity (Wildman–Crippen MR) is 90.9 cm³/mol. The van der Waals surface area contributed by atoms with Crippen LogP contribution >= 0.6 is 22.9 Å². The van der Waals surface area contributed by atoms with Crippen molar-refractivity contribution in [3.05, 3.63) is 21.3 Å². The van der Waals surface area contributed by atoms with Gasteiger partial charge in [-0.25, -0.2) is 9.59 Å². The topological polar surface area (TPSA) is 61.9 Å². The number of ether oxygens (including phenoxy) is 1. The number of hydrogen-bond donors (Lipinski definition) is 1. The number of nitrogens with one attached hydrogen (secondary N) is 1. The molecule has 1 fully saturated rings. The number of thiophene rings is 1. The maximum Gasteiger partial charge on any atom is 0.409 e. The molecular formula is C15H22ClN3O3S. The zero-order valence-corrected chi connectivity index (χ0v) is 15.0. The standard InChI is InChI=1S/C15H22ClN3O3S/c1-3-22-15(21)19-8-6-11(7-9-19)17-14(20)18(2)10-12-4-5-13(16)23-12/h4-5,11H,3,6-10H2,1-2H3,(H,17,20). The van der Waals surface area contributed by atoms with Crippen molar-refractivity contribution < 1.29 is 14.3 Å². The summed E-state index contributed by atoms with van der Waals surface area (Å²) < 4.78 is 5.71. The summed E-state index contributed by atoms with van der Waals surface area (Å²) in [6, 6.07) is 3.74. The van der Waals surface area contributed by atoms with E-state index in [1.54, 1.807) is 23.8 Å². The first-order valence-electron chi connectivity index (χ1n) is 7.67. The maximum atomic E-state index is 12.2. The van der Waals surface area contributed by atoms with E-state index in [-0.39, 0.29) is 18.2 Å². The highest BCUT2D eigenvalue weighted by molar-refractivity contribution is 7.16. The number of rotatable bonds is 4. The molecule has 0 spiro atoms. The molecule has 3 amide bonds. The lowest BCUT2D eigenvalue weighted by molar-refractivity contribution is 0.0952. The Morgan fingerprint density at radius 3 is 2.70 bits per heavy atom. The Bertz CT molecular complexity index is 544. The third-order valence-corrected chi connectivity index (χ3v) is 4.93. The van der Waals surface area contributed by atoms with Gasteiger partial charge in [-0.15, -0.1) is 11.3 Å². The summed E-state index contributed by atoms with van der Waals surface area (Å²) in [7, 11) is 1.76. The van der Waals surface area contributed by atoms with Gasteiger partial charge in [-0.05, 0) is 31.9 Å². The SMILES string of the molecule is CCOC(=O)N1CCC(NC(=O)N(C)Cc2ccc(Cl)s2)CC1. The molecule has 8 heteroatoms. The summed E-state index contributed by atoms with van der Waals surface area (Å²) in [6.07, 6.45) is 1.20. The number of piperidine rings is 1. The third kappa shape index (κ3) is 5.28. The van der Waals surface area contributed by atoms with Gasteiger partial charge in [-0.2, -0.15) is 0 Å². The lowest BCUT2D eigenvalue weighted by atomic mass is 10.1. The molecule has 0 unspecified atom stereocenters. The lowest BCUT2D eigenvalue weighted by Crippen LogP contribution is -2.49. The van der Waals surface area contributed by atoms with Gasteiger partial charge in [0, 0.05) is 31.1 Å². The number of nitrogens with zero attached hydrogens (tertiary/aromatic N) is 2. The monoisotopic (exact) mass is 359 g/mol. The van der Waals surface area contributed by atoms with E-state index in [9.17, 15) is 9.59 Å². The van der Waals surface area contributed by atoms with Crippen LogP contribution in [-0.2, 0) is 11.3 Å². The summed E-state index contributed by atoms with van der Waals surface area (Å²) in [4.78, 5) is 28.2. The first-order chi connectivity index (χ1) is 11.0. The van der Waals surface area contributed by atoms with Gasteiger partial charge in [0.1, 0.15) is 0 Å². The van der Waals surface area contributed by atoms with E-state index in [1.165, 1.54) is 11.3 Å². The van der Waals surface area contributed by atoms with E-state index in [2.05, 4.69) is 5.32 Å². The van der Waals surface area contributed by atoms with Crippen molar-refractivity contribution in [3.8, 4) is 0 Å². The first kappa shape index (κ1) is 17.9. The van der Waals surface area contributed by atoms with Crippen LogP contribution in [0.5, 0.6) is 0 Å². The molecule has 0 atom stereocenters. The fourth-order valence-corrected chi connectivity index (χ4v) is 3.59. The highest BCUT2D eigenvalue weighted by Gasteiger charge is 2.25. The number of urea groups is 1. The molecule has 23 heavy (non-hydrogen) atoms. The Kier molecular flexibility index (Phi) is 6.53. The number of halogens is 1. The first-order valence-corrected chi connectivity index (χ1v) is 8.86. The van der Waals surface area contributed by atoms with Crippen molar-refractivity contribution in [3.63, 3.8) is 0 Å². The summed E-state index contributed by atoms with van der Waals surface area (Å²) in [6.45, 7) is 3.92. The summed E-state index contributed by atoms with van der Waals surface area (Å²) >= 11 is 7.37. The van der Waals surface area contributed by atoms with Gasteiger partial charge < -0.3 is 19.9 Å². The Hall–Kier alpha value is -1.47. The average Bonchev–Trinajstić information content (AvgIpc) is 2.93. The summed E-state index contributed by atoms with van der Waals surface area (Å²) in [5, 5.41) is 3.02. The molecule has 1 saturated heterocycles. The van der Waals surface area contributed by atoms with Gasteiger partial charge >= 0.3 is 12.1 Å². The van der Waals surface area contributed by atoms with E-state index in [4.69, 9.17) is 16.3 Å². The number of likely N-dealkylation sites (tertiary alicyclic amines) is 1. The summed E-state index contributed by atoms with van der Waals surface area (Å²) in [5.74, 6) is 0. The van der Waals surface area contributed by atoms with Crippen LogP contribution in [0.4, 0.5) is 9.59 Å². The number of amides is 3. The van der Waals surface area contributed by atoms with E-state index in [1.807, 2.05) is 12.1 Å². The molecular weight excluding hydrogens is 338 g/mol. The van der Waals surface area contributed by atoms with Crippen molar-refractivity contribution in [2.45, 2.75) is 32.4 Å². The minimum atomic E-state index is -0.274. The predicted octanol–water partition coefficient (Wildman–Crippen LogP) is 3.16. The van der Waals surface area contributed by atoms with E-state index in [0.717, 1.165) is 22.1 Å². The number of carbonyl (C=O) groups excluding carboxylic acids is 2. The van der Waals surface area contributed by atoms with Crippen LogP contribution in [-0.4, -0.2) is 54.7 Å². The quantitative estimate of drug-likeness (QED) is 0.898. The Morgan fingerprint density at radius 2 is 2.13 bits per heavy atom. The van der Waals surface area contributed by atoms with Gasteiger partial charge in [0.05, 0.1) is 17.5 Å². The Balaban J connectivity index is 1.74. The van der Waals surface area contributed by atoms with Crippen LogP contribution in [0, 0.1) is 0 Å². The molecule has 0 aliphatic carbocycles. The number of carbonyl (C=O) groups is 2. The van der Waals surface area contributed by atoms with Crippen LogP contribution in [0.2, 0.25) is 4.34 Å². The zero-order chi connectivity index (χ0) is 16.8. The molecule has 0 radical (unpaired) electrons. The fourth-order valence-electron chi connectivity index (χ4n) is 2.45. The highest BCUT2D eigenvalue weighted by Crippen LogP contribution is 2.22. The van der Waals surface area contributed by atoms with Crippen molar-refractivity contribution in [2.75, 3.05) is 26.7 Å². The summed E-state index contributed by atoms with van der Waals surface area (Å²) in [5.41, 5.74) is 0. The molecule has 1 aromatic rings. The molecule has 1 aliphatic heterocycles. The molecule has 1 N–H and O–H groups in total. The Labute approximate surface area is 145 Å². The largest absolute Gasteiger partial charge is 0.450 e. The van der Waals surface area contributed by atoms with Crippen LogP contribution in [0.1, 0.15) is 24.6 Å². The Morgan fingerprint density at radius 1 is 1.43 bits per heavy atom. The lowest BCUT2D eigenvalue weighted by Gasteiger charge is -2.32. The van der Waals surface area contributed by atoms with E-state index < -0.39 is 0 Å². The molecule has 1 aromatic heterocycles. The van der Waals surface area contributed by atoms with Gasteiger partial charge in [0.2, 0.25) is 0 Å². The van der Waals surface area contributed by atoms with Crippen molar-refractivity contribution in [2.24, 2.45) is 0 Å². The molecule has 2 heterocycles. The average molecular weight is 360 g/mol. The molecule has 0 saturated carbocycles. The van der Waals surface area contributed by atoms with Gasteiger partial charge in [0.25, 0.3) is 0 Å². The molecule has 0 aromatic carbocycles. The van der Waals surface area contributed by atoms with Gasteiger partial charge in [0.15, 0.2) is 0 Å². The van der Waals surface area contributed by atoms with Crippen LogP contribution in [0.3, 0.4) is 0 Å². The highest BCUT2D eigenvalue weighted by atomic mass is 35.5. The van der Waals surface area contributed by atoms with Crippen LogP contribution in [0.15, 0.2) is 12.1 Å². The second-order valence-electron chi connectivity index (χ2n) is 5.47.